The highest BCUT2D eigenvalue weighted by atomic mass is 32.2. The van der Waals surface area contributed by atoms with Crippen molar-refractivity contribution >= 4 is 9.84 Å². The molecule has 0 bridgehead atoms. The van der Waals surface area contributed by atoms with Gasteiger partial charge in [0.15, 0.2) is 9.84 Å². The van der Waals surface area contributed by atoms with E-state index in [-0.39, 0.29) is 24.2 Å². The van der Waals surface area contributed by atoms with Gasteiger partial charge in [-0.15, -0.1) is 0 Å². The highest BCUT2D eigenvalue weighted by Gasteiger charge is 2.12. The lowest BCUT2D eigenvalue weighted by atomic mass is 10.1. The average Bonchev–Trinajstić information content (AvgIpc) is 2.30. The molecule has 0 aromatic heterocycles. The van der Waals surface area contributed by atoms with Crippen LogP contribution < -0.4 is 10.5 Å². The molecule has 0 unspecified atom stereocenters. The van der Waals surface area contributed by atoms with E-state index in [0.29, 0.717) is 11.3 Å². The maximum atomic E-state index is 13.1. The van der Waals surface area contributed by atoms with Crippen LogP contribution in [0.2, 0.25) is 0 Å². The molecule has 102 valence electrons. The van der Waals surface area contributed by atoms with Gasteiger partial charge in [-0.2, -0.15) is 0 Å². The van der Waals surface area contributed by atoms with E-state index in [1.165, 1.54) is 18.2 Å². The van der Waals surface area contributed by atoms with Gasteiger partial charge in [-0.25, -0.2) is 12.8 Å². The lowest BCUT2D eigenvalue weighted by Crippen LogP contribution is -2.17. The Morgan fingerprint density at radius 3 is 2.67 bits per heavy atom. The minimum Gasteiger partial charge on any atom is -0.492 e. The second-order valence-electron chi connectivity index (χ2n) is 4.06. The van der Waals surface area contributed by atoms with Crippen molar-refractivity contribution in [2.75, 3.05) is 18.1 Å². The Labute approximate surface area is 107 Å². The topological polar surface area (TPSA) is 69.4 Å². The summed E-state index contributed by atoms with van der Waals surface area (Å²) in [4.78, 5) is 0. The summed E-state index contributed by atoms with van der Waals surface area (Å²) in [6.07, 6.45) is 0. The van der Waals surface area contributed by atoms with E-state index in [9.17, 15) is 12.8 Å². The third-order valence-corrected chi connectivity index (χ3v) is 4.22. The Balaban J connectivity index is 2.73. The normalized spacial score (nSPS) is 13.3. The molecule has 1 atom stereocenters. The van der Waals surface area contributed by atoms with Crippen LogP contribution in [-0.2, 0) is 9.84 Å². The van der Waals surface area contributed by atoms with Gasteiger partial charge in [0, 0.05) is 17.4 Å². The largest absolute Gasteiger partial charge is 0.492 e. The summed E-state index contributed by atoms with van der Waals surface area (Å²) in [5.41, 5.74) is 6.23. The Bertz CT molecular complexity index is 500. The number of ether oxygens (including phenoxy) is 1. The van der Waals surface area contributed by atoms with Gasteiger partial charge in [0.25, 0.3) is 0 Å². The van der Waals surface area contributed by atoms with Crippen LogP contribution in [0.1, 0.15) is 25.5 Å². The van der Waals surface area contributed by atoms with Gasteiger partial charge in [-0.1, -0.05) is 6.92 Å². The summed E-state index contributed by atoms with van der Waals surface area (Å²) in [6, 6.07) is 3.65. The van der Waals surface area contributed by atoms with Gasteiger partial charge in [0.2, 0.25) is 0 Å². The first-order chi connectivity index (χ1) is 8.35. The molecule has 0 aliphatic heterocycles. The van der Waals surface area contributed by atoms with E-state index in [1.807, 2.05) is 0 Å². The smallest absolute Gasteiger partial charge is 0.153 e. The van der Waals surface area contributed by atoms with E-state index in [2.05, 4.69) is 0 Å². The molecule has 0 aliphatic rings. The molecule has 6 heteroatoms. The predicted octanol–water partition coefficient (Wildman–Crippen LogP) is 1.66. The molecule has 0 saturated heterocycles. The van der Waals surface area contributed by atoms with Crippen LogP contribution in [0.4, 0.5) is 4.39 Å². The highest BCUT2D eigenvalue weighted by Crippen LogP contribution is 2.24. The van der Waals surface area contributed by atoms with Gasteiger partial charge in [0.05, 0.1) is 5.75 Å². The number of nitrogens with two attached hydrogens (primary N) is 1. The number of hydrogen-bond donors (Lipinski definition) is 1. The van der Waals surface area contributed by atoms with Crippen LogP contribution in [-0.4, -0.2) is 26.5 Å². The third kappa shape index (κ3) is 4.27. The van der Waals surface area contributed by atoms with Gasteiger partial charge in [0.1, 0.15) is 18.2 Å². The summed E-state index contributed by atoms with van der Waals surface area (Å²) in [6.45, 7) is 3.34. The van der Waals surface area contributed by atoms with Crippen molar-refractivity contribution in [1.29, 1.82) is 0 Å². The van der Waals surface area contributed by atoms with Crippen LogP contribution in [0, 0.1) is 5.82 Å². The van der Waals surface area contributed by atoms with E-state index in [1.54, 1.807) is 13.8 Å². The fourth-order valence-corrected chi connectivity index (χ4v) is 2.06. The Hall–Kier alpha value is -1.14. The lowest BCUT2D eigenvalue weighted by Gasteiger charge is -2.14. The highest BCUT2D eigenvalue weighted by molar-refractivity contribution is 7.91. The van der Waals surface area contributed by atoms with Crippen molar-refractivity contribution in [3.8, 4) is 5.75 Å². The van der Waals surface area contributed by atoms with Gasteiger partial charge in [-0.05, 0) is 25.1 Å². The molecule has 0 fully saturated rings. The zero-order valence-corrected chi connectivity index (χ0v) is 11.3. The van der Waals surface area contributed by atoms with Crippen molar-refractivity contribution in [3.05, 3.63) is 29.6 Å². The fourth-order valence-electron chi connectivity index (χ4n) is 1.43. The molecule has 0 saturated carbocycles. The van der Waals surface area contributed by atoms with Gasteiger partial charge >= 0.3 is 0 Å². The zero-order valence-electron chi connectivity index (χ0n) is 10.5. The predicted molar refractivity (Wildman–Crippen MR) is 68.8 cm³/mol. The Morgan fingerprint density at radius 2 is 2.11 bits per heavy atom. The number of sulfone groups is 1. The molecular formula is C12H18FNO3S. The lowest BCUT2D eigenvalue weighted by molar-refractivity contribution is 0.334. The molecule has 1 aromatic rings. The maximum Gasteiger partial charge on any atom is 0.153 e. The van der Waals surface area contributed by atoms with Crippen LogP contribution in [0.3, 0.4) is 0 Å². The number of benzene rings is 1. The first-order valence-corrected chi connectivity index (χ1v) is 7.56. The minimum atomic E-state index is -3.06. The van der Waals surface area contributed by atoms with E-state index in [0.717, 1.165) is 0 Å². The van der Waals surface area contributed by atoms with Crippen molar-refractivity contribution < 1.29 is 17.5 Å². The van der Waals surface area contributed by atoms with E-state index < -0.39 is 15.7 Å². The third-order valence-electron chi connectivity index (χ3n) is 2.55. The van der Waals surface area contributed by atoms with Crippen molar-refractivity contribution in [3.63, 3.8) is 0 Å². The molecule has 2 N–H and O–H groups in total. The molecule has 0 aliphatic carbocycles. The fraction of sp³-hybridized carbons (Fsp3) is 0.500. The Morgan fingerprint density at radius 1 is 1.44 bits per heavy atom. The van der Waals surface area contributed by atoms with Gasteiger partial charge < -0.3 is 10.5 Å². The molecule has 1 rings (SSSR count). The quantitative estimate of drug-likeness (QED) is 0.857. The monoisotopic (exact) mass is 275 g/mol. The molecule has 4 nitrogen and oxygen atoms in total. The van der Waals surface area contributed by atoms with Crippen molar-refractivity contribution in [2.45, 2.75) is 19.9 Å². The van der Waals surface area contributed by atoms with Crippen molar-refractivity contribution in [2.24, 2.45) is 5.73 Å². The van der Waals surface area contributed by atoms with Crippen LogP contribution in [0.25, 0.3) is 0 Å². The van der Waals surface area contributed by atoms with E-state index >= 15 is 0 Å². The summed E-state index contributed by atoms with van der Waals surface area (Å²) in [5, 5.41) is 0. The van der Waals surface area contributed by atoms with Crippen LogP contribution in [0.15, 0.2) is 18.2 Å². The van der Waals surface area contributed by atoms with Crippen molar-refractivity contribution in [1.82, 2.24) is 0 Å². The maximum absolute atomic E-state index is 13.1. The van der Waals surface area contributed by atoms with Crippen LogP contribution >= 0.6 is 0 Å². The number of halogens is 1. The molecule has 0 heterocycles. The molecule has 1 aromatic carbocycles. The zero-order chi connectivity index (χ0) is 13.8. The molecule has 0 amide bonds. The van der Waals surface area contributed by atoms with E-state index in [4.69, 9.17) is 10.5 Å². The molecule has 0 radical (unpaired) electrons. The first-order valence-electron chi connectivity index (χ1n) is 5.74. The molecular weight excluding hydrogens is 257 g/mol. The average molecular weight is 275 g/mol. The standard InChI is InChI=1S/C12H18FNO3S/c1-3-18(15,16)7-6-17-12-5-4-10(13)8-11(12)9(2)14/h4-5,8-9H,3,6-7,14H2,1-2H3/t9-/m0/s1. The molecule has 18 heavy (non-hydrogen) atoms. The second kappa shape index (κ2) is 6.15. The summed E-state index contributed by atoms with van der Waals surface area (Å²) in [5.74, 6) is 0.0627. The molecule has 0 spiro atoms. The first kappa shape index (κ1) is 14.9. The number of rotatable bonds is 6. The SMILES string of the molecule is CCS(=O)(=O)CCOc1ccc(F)cc1[C@H](C)N. The summed E-state index contributed by atoms with van der Waals surface area (Å²) < 4.78 is 41.0. The van der Waals surface area contributed by atoms with Gasteiger partial charge in [-0.3, -0.25) is 0 Å². The number of hydrogen-bond acceptors (Lipinski definition) is 4. The summed E-state index contributed by atoms with van der Waals surface area (Å²) >= 11 is 0. The minimum absolute atomic E-state index is 0.0432. The second-order valence-corrected chi connectivity index (χ2v) is 6.53. The van der Waals surface area contributed by atoms with Crippen LogP contribution in [0.5, 0.6) is 5.75 Å². The Kier molecular flexibility index (Phi) is 5.10. The summed E-state index contributed by atoms with van der Waals surface area (Å²) in [7, 11) is -3.06.